The maximum Gasteiger partial charge on any atom is 0.471 e. The zero-order valence-corrected chi connectivity index (χ0v) is 18.2. The fourth-order valence-electron chi connectivity index (χ4n) is 4.26. The molecule has 1 amide bonds. The van der Waals surface area contributed by atoms with Crippen molar-refractivity contribution in [3.63, 3.8) is 0 Å². The van der Waals surface area contributed by atoms with Gasteiger partial charge < -0.3 is 14.5 Å². The molecule has 1 aromatic rings. The molecule has 9 heteroatoms. The average Bonchev–Trinajstić information content (AvgIpc) is 2.66. The van der Waals surface area contributed by atoms with Crippen molar-refractivity contribution in [1.82, 2.24) is 5.32 Å². The third-order valence-corrected chi connectivity index (χ3v) is 6.43. The van der Waals surface area contributed by atoms with Gasteiger partial charge in [0.25, 0.3) is 0 Å². The van der Waals surface area contributed by atoms with Gasteiger partial charge in [-0.3, -0.25) is 4.79 Å². The molecule has 164 valence electrons. The van der Waals surface area contributed by atoms with Crippen molar-refractivity contribution >= 4 is 20.2 Å². The molecule has 5 nitrogen and oxygen atoms in total. The monoisotopic (exact) mass is 441 g/mol. The molecule has 1 fully saturated rings. The second-order valence-corrected chi connectivity index (χ2v) is 13.3. The minimum atomic E-state index is -5.13. The molecule has 1 unspecified atom stereocenters. The van der Waals surface area contributed by atoms with Crippen LogP contribution >= 0.6 is 0 Å². The molecule has 3 aliphatic carbocycles. The highest BCUT2D eigenvalue weighted by atomic mass is 28.4. The van der Waals surface area contributed by atoms with E-state index in [1.165, 1.54) is 0 Å². The van der Waals surface area contributed by atoms with Gasteiger partial charge in [-0.1, -0.05) is 42.5 Å². The summed E-state index contributed by atoms with van der Waals surface area (Å²) in [6.07, 6.45) is -0.611. The minimum absolute atomic E-state index is 0.00340. The van der Waals surface area contributed by atoms with E-state index in [0.29, 0.717) is 18.4 Å². The number of alkyl halides is 3. The van der Waals surface area contributed by atoms with Crippen LogP contribution < -0.4 is 5.32 Å². The third kappa shape index (κ3) is 4.46. The SMILES string of the molecule is C[Si](C)(C)O[C@]12C=C[C@H](CC1)CC2(NC(=O)C(F)(F)F)C(=O)OCc1ccccc1. The number of rotatable bonds is 6. The van der Waals surface area contributed by atoms with Gasteiger partial charge in [-0.25, -0.2) is 4.79 Å². The maximum atomic E-state index is 13.3. The van der Waals surface area contributed by atoms with Crippen LogP contribution in [0.2, 0.25) is 19.6 Å². The standard InChI is InChI=1S/C21H26F3NO4Si/c1-30(2,3)29-19-11-9-15(10-12-19)13-20(19,25-17(26)21(22,23)24)18(27)28-14-16-7-5-4-6-8-16/h4-9,11,15H,10,12-14H2,1-3H3,(H,25,26)/t15-,19-,20?/m1/s1. The molecule has 0 radical (unpaired) electrons. The van der Waals surface area contributed by atoms with Crippen LogP contribution in [0.5, 0.6) is 0 Å². The topological polar surface area (TPSA) is 64.6 Å². The molecule has 1 N–H and O–H groups in total. The fraction of sp³-hybridized carbons (Fsp3) is 0.524. The van der Waals surface area contributed by atoms with Gasteiger partial charge >= 0.3 is 18.1 Å². The van der Waals surface area contributed by atoms with E-state index < -0.39 is 37.5 Å². The zero-order chi connectivity index (χ0) is 22.2. The Morgan fingerprint density at radius 2 is 1.87 bits per heavy atom. The second-order valence-electron chi connectivity index (χ2n) is 8.88. The van der Waals surface area contributed by atoms with Crippen molar-refractivity contribution in [2.45, 2.75) is 62.8 Å². The highest BCUT2D eigenvalue weighted by Crippen LogP contribution is 2.50. The van der Waals surface area contributed by atoms with Crippen LogP contribution in [0.15, 0.2) is 42.5 Å². The Labute approximate surface area is 174 Å². The summed E-state index contributed by atoms with van der Waals surface area (Å²) in [5, 5.41) is 2.01. The molecule has 1 saturated carbocycles. The Morgan fingerprint density at radius 3 is 2.40 bits per heavy atom. The molecular formula is C21H26F3NO4Si. The summed E-state index contributed by atoms with van der Waals surface area (Å²) in [5.41, 5.74) is -2.62. The van der Waals surface area contributed by atoms with E-state index in [0.717, 1.165) is 0 Å². The number of allylic oxidation sites excluding steroid dienone is 1. The van der Waals surface area contributed by atoms with Gasteiger partial charge in [0.05, 0.1) is 0 Å². The van der Waals surface area contributed by atoms with Gasteiger partial charge in [-0.15, -0.1) is 0 Å². The number of amides is 1. The van der Waals surface area contributed by atoms with E-state index in [1.807, 2.05) is 31.0 Å². The molecule has 0 saturated heterocycles. The highest BCUT2D eigenvalue weighted by molar-refractivity contribution is 6.69. The number of benzene rings is 1. The largest absolute Gasteiger partial charge is 0.471 e. The van der Waals surface area contributed by atoms with Crippen LogP contribution in [0, 0.1) is 5.92 Å². The second kappa shape index (κ2) is 7.85. The summed E-state index contributed by atoms with van der Waals surface area (Å²) in [5.74, 6) is -3.22. The number of esters is 1. The molecule has 4 rings (SSSR count). The fourth-order valence-corrected chi connectivity index (χ4v) is 5.69. The van der Waals surface area contributed by atoms with Gasteiger partial charge in [0, 0.05) is 0 Å². The third-order valence-electron chi connectivity index (χ3n) is 5.45. The summed E-state index contributed by atoms with van der Waals surface area (Å²) in [4.78, 5) is 25.3. The number of fused-ring (bicyclic) bond motifs is 2. The first kappa shape index (κ1) is 22.5. The molecule has 0 aliphatic heterocycles. The molecule has 0 spiro atoms. The van der Waals surface area contributed by atoms with Crippen LogP contribution in [0.25, 0.3) is 0 Å². The minimum Gasteiger partial charge on any atom is -0.459 e. The number of hydrogen-bond donors (Lipinski definition) is 1. The molecule has 3 atom stereocenters. The highest BCUT2D eigenvalue weighted by Gasteiger charge is 2.65. The summed E-state index contributed by atoms with van der Waals surface area (Å²) >= 11 is 0. The van der Waals surface area contributed by atoms with E-state index >= 15 is 0 Å². The number of nitrogens with one attached hydrogen (secondary N) is 1. The Morgan fingerprint density at radius 1 is 1.20 bits per heavy atom. The lowest BCUT2D eigenvalue weighted by Gasteiger charge is -2.56. The van der Waals surface area contributed by atoms with Crippen molar-refractivity contribution in [1.29, 1.82) is 0 Å². The van der Waals surface area contributed by atoms with Crippen molar-refractivity contribution in [3.05, 3.63) is 48.0 Å². The number of carbonyl (C=O) groups excluding carboxylic acids is 2. The molecule has 0 heterocycles. The predicted molar refractivity (Wildman–Crippen MR) is 107 cm³/mol. The smallest absolute Gasteiger partial charge is 0.459 e. The summed E-state index contributed by atoms with van der Waals surface area (Å²) in [6, 6.07) is 8.83. The molecule has 2 bridgehead atoms. The van der Waals surface area contributed by atoms with Gasteiger partial charge in [0.1, 0.15) is 12.2 Å². The van der Waals surface area contributed by atoms with Gasteiger partial charge in [-0.2, -0.15) is 13.2 Å². The Balaban J connectivity index is 1.99. The van der Waals surface area contributed by atoms with Gasteiger partial charge in [0.2, 0.25) is 0 Å². The summed E-state index contributed by atoms with van der Waals surface area (Å²) < 4.78 is 51.3. The van der Waals surface area contributed by atoms with E-state index in [1.54, 1.807) is 36.4 Å². The first-order valence-corrected chi connectivity index (χ1v) is 13.3. The number of ether oxygens (including phenoxy) is 1. The number of hydrogen-bond acceptors (Lipinski definition) is 4. The number of carbonyl (C=O) groups is 2. The Hall–Kier alpha value is -2.13. The molecular weight excluding hydrogens is 415 g/mol. The average molecular weight is 442 g/mol. The van der Waals surface area contributed by atoms with Crippen molar-refractivity contribution in [3.8, 4) is 0 Å². The first-order chi connectivity index (χ1) is 13.9. The number of halogens is 3. The molecule has 30 heavy (non-hydrogen) atoms. The lowest BCUT2D eigenvalue weighted by Crippen LogP contribution is -2.75. The van der Waals surface area contributed by atoms with Crippen LogP contribution in [0.1, 0.15) is 24.8 Å². The van der Waals surface area contributed by atoms with E-state index in [9.17, 15) is 22.8 Å². The lowest BCUT2D eigenvalue weighted by molar-refractivity contribution is -0.187. The Bertz CT molecular complexity index is 837. The quantitative estimate of drug-likeness (QED) is 0.410. The normalized spacial score (nSPS) is 28.3. The van der Waals surface area contributed by atoms with Crippen molar-refractivity contribution in [2.24, 2.45) is 5.92 Å². The van der Waals surface area contributed by atoms with E-state index in [-0.39, 0.29) is 18.9 Å². The first-order valence-electron chi connectivity index (χ1n) is 9.87. The molecule has 3 aliphatic rings. The van der Waals surface area contributed by atoms with Crippen LogP contribution in [0.3, 0.4) is 0 Å². The van der Waals surface area contributed by atoms with Gasteiger partial charge in [-0.05, 0) is 50.4 Å². The van der Waals surface area contributed by atoms with Crippen molar-refractivity contribution in [2.75, 3.05) is 0 Å². The van der Waals surface area contributed by atoms with E-state index in [4.69, 9.17) is 9.16 Å². The zero-order valence-electron chi connectivity index (χ0n) is 17.2. The molecule has 1 aromatic carbocycles. The van der Waals surface area contributed by atoms with Crippen molar-refractivity contribution < 1.29 is 31.9 Å². The Kier molecular flexibility index (Phi) is 5.90. The maximum absolute atomic E-state index is 13.3. The van der Waals surface area contributed by atoms with Crippen LogP contribution in [0.4, 0.5) is 13.2 Å². The van der Waals surface area contributed by atoms with Gasteiger partial charge in [0.15, 0.2) is 13.9 Å². The summed E-state index contributed by atoms with van der Waals surface area (Å²) in [6.45, 7) is 5.56. The predicted octanol–water partition coefficient (Wildman–Crippen LogP) is 4.11. The van der Waals surface area contributed by atoms with E-state index in [2.05, 4.69) is 0 Å². The lowest BCUT2D eigenvalue weighted by atomic mass is 9.61. The van der Waals surface area contributed by atoms with Crippen LogP contribution in [-0.4, -0.2) is 37.5 Å². The molecule has 0 aromatic heterocycles. The van der Waals surface area contributed by atoms with Crippen LogP contribution in [-0.2, 0) is 25.4 Å². The summed E-state index contributed by atoms with van der Waals surface area (Å²) in [7, 11) is -2.32.